The molecule has 0 aliphatic heterocycles. The number of fused-ring (bicyclic) bond motifs is 2. The third kappa shape index (κ3) is 2.58. The number of nitrogens with zero attached hydrogens (tertiary/aromatic N) is 2. The van der Waals surface area contributed by atoms with Crippen LogP contribution < -0.4 is 5.32 Å². The largest absolute Gasteiger partial charge is 0.316 e. The van der Waals surface area contributed by atoms with Gasteiger partial charge in [-0.1, -0.05) is 13.3 Å². The summed E-state index contributed by atoms with van der Waals surface area (Å²) in [6, 6.07) is 0. The molecule has 1 aromatic heterocycles. The van der Waals surface area contributed by atoms with Crippen LogP contribution in [0, 0.1) is 17.3 Å². The molecular formula is C16H27N3. The molecule has 3 rings (SSSR count). The van der Waals surface area contributed by atoms with Crippen molar-refractivity contribution in [3.63, 3.8) is 0 Å². The summed E-state index contributed by atoms with van der Waals surface area (Å²) in [5.41, 5.74) is 1.94. The van der Waals surface area contributed by atoms with Gasteiger partial charge >= 0.3 is 0 Å². The fourth-order valence-electron chi connectivity index (χ4n) is 4.54. The number of hydrogen-bond donors (Lipinski definition) is 1. The standard InChI is InChI=1S/C16H27N3/c1-3-6-17-12-16(8-13-4-5-15(16)7-13)9-14-10-18-19(2)11-14/h10-11,13,15,17H,3-9,12H2,1-2H3. The van der Waals surface area contributed by atoms with Gasteiger partial charge in [-0.05, 0) is 61.5 Å². The van der Waals surface area contributed by atoms with E-state index in [1.807, 2.05) is 11.7 Å². The summed E-state index contributed by atoms with van der Waals surface area (Å²) in [6.45, 7) is 4.62. The fourth-order valence-corrected chi connectivity index (χ4v) is 4.54. The molecule has 19 heavy (non-hydrogen) atoms. The topological polar surface area (TPSA) is 29.9 Å². The van der Waals surface area contributed by atoms with Crippen LogP contribution in [0.25, 0.3) is 0 Å². The van der Waals surface area contributed by atoms with E-state index in [0.29, 0.717) is 5.41 Å². The molecule has 3 heteroatoms. The number of rotatable bonds is 6. The van der Waals surface area contributed by atoms with Gasteiger partial charge in [0.15, 0.2) is 0 Å². The minimum atomic E-state index is 0.515. The Labute approximate surface area is 116 Å². The van der Waals surface area contributed by atoms with Crippen molar-refractivity contribution in [2.45, 2.75) is 45.4 Å². The third-order valence-electron chi connectivity index (χ3n) is 5.32. The molecule has 1 N–H and O–H groups in total. The van der Waals surface area contributed by atoms with Crippen LogP contribution in [-0.4, -0.2) is 22.9 Å². The second-order valence-corrected chi connectivity index (χ2v) is 6.82. The van der Waals surface area contributed by atoms with Crippen LogP contribution in [0.5, 0.6) is 0 Å². The molecule has 0 spiro atoms. The summed E-state index contributed by atoms with van der Waals surface area (Å²) in [5, 5.41) is 8.05. The van der Waals surface area contributed by atoms with Crippen LogP contribution >= 0.6 is 0 Å². The number of nitrogens with one attached hydrogen (secondary N) is 1. The van der Waals surface area contributed by atoms with Crippen LogP contribution in [0.1, 0.15) is 44.6 Å². The molecule has 3 unspecified atom stereocenters. The molecule has 1 aromatic rings. The lowest BCUT2D eigenvalue weighted by atomic mass is 9.69. The Morgan fingerprint density at radius 1 is 1.47 bits per heavy atom. The maximum absolute atomic E-state index is 4.34. The lowest BCUT2D eigenvalue weighted by Gasteiger charge is -2.38. The molecule has 2 aliphatic rings. The number of aryl methyl sites for hydroxylation is 1. The molecule has 2 bridgehead atoms. The fraction of sp³-hybridized carbons (Fsp3) is 0.812. The minimum Gasteiger partial charge on any atom is -0.316 e. The van der Waals surface area contributed by atoms with E-state index in [-0.39, 0.29) is 0 Å². The Hall–Kier alpha value is -0.830. The maximum atomic E-state index is 4.34. The lowest BCUT2D eigenvalue weighted by molar-refractivity contribution is 0.156. The lowest BCUT2D eigenvalue weighted by Crippen LogP contribution is -2.40. The maximum Gasteiger partial charge on any atom is 0.0521 e. The van der Waals surface area contributed by atoms with Gasteiger partial charge in [0.05, 0.1) is 6.20 Å². The molecule has 0 amide bonds. The Bertz CT molecular complexity index is 425. The molecule has 0 aromatic carbocycles. The van der Waals surface area contributed by atoms with Crippen molar-refractivity contribution in [3.8, 4) is 0 Å². The van der Waals surface area contributed by atoms with E-state index < -0.39 is 0 Å². The van der Waals surface area contributed by atoms with Gasteiger partial charge in [-0.15, -0.1) is 0 Å². The minimum absolute atomic E-state index is 0.515. The Balaban J connectivity index is 1.73. The van der Waals surface area contributed by atoms with Gasteiger partial charge in [-0.3, -0.25) is 4.68 Å². The van der Waals surface area contributed by atoms with Crippen LogP contribution in [-0.2, 0) is 13.5 Å². The first-order chi connectivity index (χ1) is 9.22. The zero-order chi connectivity index (χ0) is 13.3. The van der Waals surface area contributed by atoms with Crippen molar-refractivity contribution in [1.82, 2.24) is 15.1 Å². The number of hydrogen-bond acceptors (Lipinski definition) is 2. The summed E-state index contributed by atoms with van der Waals surface area (Å²) in [5.74, 6) is 1.95. The smallest absolute Gasteiger partial charge is 0.0521 e. The molecule has 3 atom stereocenters. The zero-order valence-electron chi connectivity index (χ0n) is 12.4. The van der Waals surface area contributed by atoms with Gasteiger partial charge in [0.1, 0.15) is 0 Å². The van der Waals surface area contributed by atoms with Gasteiger partial charge in [-0.25, -0.2) is 0 Å². The van der Waals surface area contributed by atoms with Gasteiger partial charge < -0.3 is 5.32 Å². The highest BCUT2D eigenvalue weighted by molar-refractivity contribution is 5.13. The molecular weight excluding hydrogens is 234 g/mol. The van der Waals surface area contributed by atoms with Crippen molar-refractivity contribution >= 4 is 0 Å². The molecule has 0 saturated heterocycles. The van der Waals surface area contributed by atoms with Gasteiger partial charge in [0.25, 0.3) is 0 Å². The average Bonchev–Trinajstić information content (AvgIpc) is 3.06. The first-order valence-corrected chi connectivity index (χ1v) is 7.90. The molecule has 1 heterocycles. The van der Waals surface area contributed by atoms with E-state index in [1.165, 1.54) is 50.6 Å². The first kappa shape index (κ1) is 13.2. The van der Waals surface area contributed by atoms with Crippen molar-refractivity contribution in [1.29, 1.82) is 0 Å². The van der Waals surface area contributed by atoms with Crippen molar-refractivity contribution in [2.75, 3.05) is 13.1 Å². The van der Waals surface area contributed by atoms with E-state index in [0.717, 1.165) is 18.4 Å². The quantitative estimate of drug-likeness (QED) is 0.798. The van der Waals surface area contributed by atoms with Crippen molar-refractivity contribution in [3.05, 3.63) is 18.0 Å². The summed E-state index contributed by atoms with van der Waals surface area (Å²) in [4.78, 5) is 0. The highest BCUT2D eigenvalue weighted by Crippen LogP contribution is 2.57. The van der Waals surface area contributed by atoms with Crippen LogP contribution in [0.15, 0.2) is 12.4 Å². The summed E-state index contributed by atoms with van der Waals surface area (Å²) < 4.78 is 1.94. The molecule has 106 valence electrons. The molecule has 0 radical (unpaired) electrons. The Kier molecular flexibility index (Phi) is 3.66. The van der Waals surface area contributed by atoms with Gasteiger partial charge in [-0.2, -0.15) is 5.10 Å². The second kappa shape index (κ2) is 5.28. The summed E-state index contributed by atoms with van der Waals surface area (Å²) >= 11 is 0. The number of aromatic nitrogens is 2. The third-order valence-corrected chi connectivity index (χ3v) is 5.32. The van der Waals surface area contributed by atoms with Gasteiger partial charge in [0, 0.05) is 19.8 Å². The normalized spacial score (nSPS) is 33.2. The predicted molar refractivity (Wildman–Crippen MR) is 78.0 cm³/mol. The van der Waals surface area contributed by atoms with E-state index in [1.54, 1.807) is 0 Å². The first-order valence-electron chi connectivity index (χ1n) is 7.90. The summed E-state index contributed by atoms with van der Waals surface area (Å²) in [6.07, 6.45) is 12.6. The van der Waals surface area contributed by atoms with Crippen LogP contribution in [0.3, 0.4) is 0 Å². The molecule has 2 aliphatic carbocycles. The van der Waals surface area contributed by atoms with Crippen LogP contribution in [0.4, 0.5) is 0 Å². The highest BCUT2D eigenvalue weighted by atomic mass is 15.2. The molecule has 2 saturated carbocycles. The van der Waals surface area contributed by atoms with Crippen molar-refractivity contribution < 1.29 is 0 Å². The monoisotopic (exact) mass is 261 g/mol. The van der Waals surface area contributed by atoms with E-state index in [9.17, 15) is 0 Å². The zero-order valence-corrected chi connectivity index (χ0v) is 12.4. The van der Waals surface area contributed by atoms with Crippen LogP contribution in [0.2, 0.25) is 0 Å². The highest BCUT2D eigenvalue weighted by Gasteiger charge is 2.50. The van der Waals surface area contributed by atoms with Gasteiger partial charge in [0.2, 0.25) is 0 Å². The Morgan fingerprint density at radius 3 is 2.95 bits per heavy atom. The second-order valence-electron chi connectivity index (χ2n) is 6.82. The Morgan fingerprint density at radius 2 is 2.37 bits per heavy atom. The molecule has 3 nitrogen and oxygen atoms in total. The van der Waals surface area contributed by atoms with E-state index >= 15 is 0 Å². The van der Waals surface area contributed by atoms with E-state index in [4.69, 9.17) is 0 Å². The van der Waals surface area contributed by atoms with Crippen molar-refractivity contribution in [2.24, 2.45) is 24.3 Å². The SMILES string of the molecule is CCCNCC1(Cc2cnn(C)c2)CC2CCC1C2. The summed E-state index contributed by atoms with van der Waals surface area (Å²) in [7, 11) is 2.02. The molecule has 2 fully saturated rings. The predicted octanol–water partition coefficient (Wildman–Crippen LogP) is 2.77. The van der Waals surface area contributed by atoms with E-state index in [2.05, 4.69) is 29.7 Å². The average molecular weight is 261 g/mol.